The number of rotatable bonds is 19. The maximum absolute atomic E-state index is 14.6. The average molecular weight is 1070 g/mol. The number of likely N-dealkylation sites (tertiary alicyclic amines) is 1. The molecule has 7 atom stereocenters. The van der Waals surface area contributed by atoms with Crippen molar-refractivity contribution in [2.45, 2.75) is 107 Å². The molecule has 4 rings (SSSR count). The summed E-state index contributed by atoms with van der Waals surface area (Å²) in [4.78, 5) is 149. The summed E-state index contributed by atoms with van der Waals surface area (Å²) < 4.78 is 0. The summed E-state index contributed by atoms with van der Waals surface area (Å²) in [6.45, 7) is -0.343. The summed E-state index contributed by atoms with van der Waals surface area (Å²) in [5.74, 6) is -9.90. The van der Waals surface area contributed by atoms with Crippen LogP contribution in [0, 0.1) is 5.41 Å². The molecule has 2 heterocycles. The van der Waals surface area contributed by atoms with Crippen molar-refractivity contribution in [3.05, 3.63) is 65.7 Å². The van der Waals surface area contributed by atoms with Gasteiger partial charge in [-0.1, -0.05) is 64.1 Å². The fourth-order valence-corrected chi connectivity index (χ4v) is 9.95. The Hall–Kier alpha value is -7.62. The third kappa shape index (κ3) is 20.1. The van der Waals surface area contributed by atoms with Crippen molar-refractivity contribution in [1.82, 2.24) is 47.4 Å². The van der Waals surface area contributed by atoms with Crippen LogP contribution in [0.5, 0.6) is 5.75 Å². The number of nitrogens with one attached hydrogen (secondary N) is 9. The Morgan fingerprint density at radius 3 is 1.97 bits per heavy atom. The quantitative estimate of drug-likeness (QED) is 0.0275. The molecule has 0 bridgehead atoms. The maximum Gasteiger partial charge on any atom is 0.246 e. The van der Waals surface area contributed by atoms with Gasteiger partial charge in [0.1, 0.15) is 48.0 Å². The Morgan fingerprint density at radius 1 is 0.730 bits per heavy atom. The summed E-state index contributed by atoms with van der Waals surface area (Å²) in [5, 5.41) is 37.7. The van der Waals surface area contributed by atoms with Crippen molar-refractivity contribution in [1.29, 1.82) is 5.41 Å². The van der Waals surface area contributed by atoms with Crippen molar-refractivity contribution in [2.75, 3.05) is 31.1 Å². The predicted octanol–water partition coefficient (Wildman–Crippen LogP) is -4.13. The lowest BCUT2D eigenvalue weighted by Crippen LogP contribution is -2.61. The number of benzene rings is 2. The van der Waals surface area contributed by atoms with E-state index in [-0.39, 0.29) is 74.8 Å². The first kappa shape index (κ1) is 58.9. The summed E-state index contributed by atoms with van der Waals surface area (Å²) in [7, 11) is 2.18. The van der Waals surface area contributed by atoms with E-state index >= 15 is 0 Å². The van der Waals surface area contributed by atoms with Crippen LogP contribution in [0.4, 0.5) is 0 Å². The average Bonchev–Trinajstić information content (AvgIpc) is 3.85. The Morgan fingerprint density at radius 2 is 1.34 bits per heavy atom. The van der Waals surface area contributed by atoms with E-state index in [1.54, 1.807) is 42.5 Å². The Labute approximate surface area is 433 Å². The van der Waals surface area contributed by atoms with Gasteiger partial charge in [-0.05, 0) is 55.4 Å². The second-order valence-electron chi connectivity index (χ2n) is 17.4. The van der Waals surface area contributed by atoms with Crippen LogP contribution in [0.3, 0.4) is 0 Å². The zero-order valence-electron chi connectivity index (χ0n) is 40.4. The van der Waals surface area contributed by atoms with E-state index in [9.17, 15) is 57.8 Å². The van der Waals surface area contributed by atoms with Crippen LogP contribution in [0.25, 0.3) is 0 Å². The van der Waals surface area contributed by atoms with Gasteiger partial charge in [-0.25, -0.2) is 0 Å². The number of aromatic hydroxyl groups is 1. The maximum atomic E-state index is 14.6. The molecule has 11 amide bonds. The van der Waals surface area contributed by atoms with E-state index in [1.165, 1.54) is 17.0 Å². The third-order valence-electron chi connectivity index (χ3n) is 11.5. The molecule has 28 heteroatoms. The normalized spacial score (nSPS) is 21.7. The first-order chi connectivity index (χ1) is 35.2. The predicted molar refractivity (Wildman–Crippen MR) is 271 cm³/mol. The van der Waals surface area contributed by atoms with Gasteiger partial charge < -0.3 is 75.5 Å². The highest BCUT2D eigenvalue weighted by molar-refractivity contribution is 8.76. The molecule has 0 radical (unpaired) electrons. The Balaban J connectivity index is 1.68. The van der Waals surface area contributed by atoms with Crippen molar-refractivity contribution < 1.29 is 57.8 Å². The monoisotopic (exact) mass is 1070 g/mol. The molecule has 0 saturated carbocycles. The van der Waals surface area contributed by atoms with Crippen LogP contribution in [0.2, 0.25) is 0 Å². The van der Waals surface area contributed by atoms with Crippen molar-refractivity contribution in [3.63, 3.8) is 0 Å². The number of primary amides is 3. The number of phenols is 1. The van der Waals surface area contributed by atoms with Crippen LogP contribution >= 0.6 is 21.6 Å². The lowest BCUT2D eigenvalue weighted by atomic mass is 10.0. The smallest absolute Gasteiger partial charge is 0.246 e. The molecule has 1 unspecified atom stereocenters. The Bertz CT molecular complexity index is 2370. The molecular formula is C46H64N14O12S2. The fourth-order valence-electron chi connectivity index (χ4n) is 7.81. The molecule has 2 fully saturated rings. The Kier molecular flexibility index (Phi) is 23.7. The van der Waals surface area contributed by atoms with E-state index in [0.29, 0.717) is 17.5 Å². The van der Waals surface area contributed by atoms with Crippen molar-refractivity contribution >= 4 is 92.5 Å². The largest absolute Gasteiger partial charge is 0.508 e. The minimum Gasteiger partial charge on any atom is -0.508 e. The van der Waals surface area contributed by atoms with E-state index in [1.807, 2.05) is 0 Å². The van der Waals surface area contributed by atoms with E-state index in [2.05, 4.69) is 42.5 Å². The number of amides is 11. The molecule has 2 aliphatic heterocycles. The number of hydrogen-bond donors (Lipinski definition) is 14. The fraction of sp³-hybridized carbons (Fsp3) is 0.478. The number of phenolic OH excluding ortho intramolecular Hbond substituents is 1. The van der Waals surface area contributed by atoms with Gasteiger partial charge in [-0.2, -0.15) is 0 Å². The molecule has 26 nitrogen and oxygen atoms in total. The van der Waals surface area contributed by atoms with E-state index in [0.717, 1.165) is 21.6 Å². The summed E-state index contributed by atoms with van der Waals surface area (Å²) in [5.41, 5.74) is 22.7. The van der Waals surface area contributed by atoms with Gasteiger partial charge in [-0.3, -0.25) is 58.1 Å². The molecule has 0 aliphatic carbocycles. The highest BCUT2D eigenvalue weighted by atomic mass is 33.1. The van der Waals surface area contributed by atoms with Crippen LogP contribution in [-0.4, -0.2) is 154 Å². The zero-order chi connectivity index (χ0) is 54.3. The molecule has 0 spiro atoms. The molecule has 0 aromatic heterocycles. The first-order valence-electron chi connectivity index (χ1n) is 23.6. The van der Waals surface area contributed by atoms with Gasteiger partial charge in [0.05, 0.1) is 13.0 Å². The van der Waals surface area contributed by atoms with Crippen LogP contribution in [0.1, 0.15) is 62.5 Å². The number of guanidine groups is 1. The molecule has 2 aromatic rings. The van der Waals surface area contributed by atoms with Gasteiger partial charge in [0.15, 0.2) is 5.96 Å². The third-order valence-corrected chi connectivity index (χ3v) is 13.9. The number of carbonyl (C=O) groups excluding carboxylic acids is 11. The minimum atomic E-state index is -1.77. The summed E-state index contributed by atoms with van der Waals surface area (Å²) >= 11 is 0. The topological polar surface area (TPSA) is 435 Å². The highest BCUT2D eigenvalue weighted by Crippen LogP contribution is 2.26. The summed E-state index contributed by atoms with van der Waals surface area (Å²) in [6.07, 6.45) is -1.33. The van der Waals surface area contributed by atoms with Gasteiger partial charge in [-0.15, -0.1) is 0 Å². The van der Waals surface area contributed by atoms with Crippen molar-refractivity contribution in [2.24, 2.45) is 22.9 Å². The molecule has 2 aliphatic rings. The van der Waals surface area contributed by atoms with Crippen LogP contribution in [-0.2, 0) is 65.6 Å². The first-order valence-corrected chi connectivity index (χ1v) is 26.1. The molecule has 74 heavy (non-hydrogen) atoms. The molecule has 2 saturated heterocycles. The van der Waals surface area contributed by atoms with Gasteiger partial charge in [0.2, 0.25) is 65.0 Å². The zero-order valence-corrected chi connectivity index (χ0v) is 42.0. The molecular weight excluding hydrogens is 1000 g/mol. The minimum absolute atomic E-state index is 0.0163. The number of nitrogens with zero attached hydrogens (tertiary/aromatic N) is 1. The van der Waals surface area contributed by atoms with Crippen molar-refractivity contribution in [3.8, 4) is 5.75 Å². The number of nitrogens with two attached hydrogens (primary N) is 4. The number of carbonyl (C=O) groups is 11. The molecule has 402 valence electrons. The summed E-state index contributed by atoms with van der Waals surface area (Å²) in [6, 6.07) is 4.50. The lowest BCUT2D eigenvalue weighted by Gasteiger charge is -2.31. The van der Waals surface area contributed by atoms with Gasteiger partial charge >= 0.3 is 0 Å². The lowest BCUT2D eigenvalue weighted by molar-refractivity contribution is -0.142. The van der Waals surface area contributed by atoms with E-state index in [4.69, 9.17) is 28.3 Å². The molecule has 18 N–H and O–H groups in total. The second-order valence-corrected chi connectivity index (χ2v) is 20.0. The standard InChI is InChI=1S/C46H64N14O12S2/c47-35(62)15-14-29-40(67)58-32(22-36(48)63)43(70)59-33(45(72)60-18-5-9-34(60)44(71)56-28(8-4-17-52-46(50)51)39(66)53-23-37(49)64)24-74-73-19-16-38(65)54-30(21-26-10-12-27(61)13-11-26)41(68)57-31(42(69)55-29)20-25-6-2-1-3-7-25/h1-3,6-7,10-13,28-34,61H,4-5,8-9,14-24H2,(H2,47,62)(H2,48,63)(H2,49,64)(H,53,66)(H,54,65)(H,55,69)(H,56,71)(H,57,68)(H,58,67)(H,59,70)(H4,50,51,52)/t28-,29-,30-,31-,32-,33-,34?/m0/s1. The van der Waals surface area contributed by atoms with Gasteiger partial charge in [0.25, 0.3) is 0 Å². The SMILES string of the molecule is N=C(N)NCCC[C@H](NC(=O)C1CCCN1C(=O)[C@@H]1CSSCCC(=O)N[C@@H](Cc2ccc(O)cc2)C(=O)N[C@@H](Cc2ccccc2)C(=O)N[C@@H](CCC(N)=O)C(=O)N[C@@H](CC(N)=O)C(=O)N1)C(=O)NCC(N)=O. The number of hydrogen-bond acceptors (Lipinski definition) is 15. The van der Waals surface area contributed by atoms with Gasteiger partial charge in [0, 0.05) is 50.3 Å². The molecule has 2 aromatic carbocycles. The van der Waals surface area contributed by atoms with Crippen LogP contribution < -0.4 is 65.5 Å². The van der Waals surface area contributed by atoms with Crippen LogP contribution in [0.15, 0.2) is 54.6 Å². The highest BCUT2D eigenvalue weighted by Gasteiger charge is 2.40. The second kappa shape index (κ2) is 29.8. The van der Waals surface area contributed by atoms with E-state index < -0.39 is 133 Å².